The van der Waals surface area contributed by atoms with E-state index >= 15 is 0 Å². The second-order valence-corrected chi connectivity index (χ2v) is 13.6. The molecular formula is C39H22F6N8O6RuS2. The molecule has 316 valence electrons. The maximum Gasteiger partial charge on any atom is 2.00 e. The van der Waals surface area contributed by atoms with E-state index in [1.54, 1.807) is 29.7 Å². The summed E-state index contributed by atoms with van der Waals surface area (Å²) in [6.45, 7) is 1.97. The number of isothiocyanates is 1. The van der Waals surface area contributed by atoms with Crippen molar-refractivity contribution in [3.63, 3.8) is 0 Å². The van der Waals surface area contributed by atoms with Crippen molar-refractivity contribution < 1.29 is 75.5 Å². The maximum absolute atomic E-state index is 13.1. The Kier molecular flexibility index (Phi) is 15.5. The fraction of sp³-hybridized carbons (Fsp3) is 0.0769. The molecule has 23 heteroatoms. The van der Waals surface area contributed by atoms with Crippen LogP contribution in [0.5, 0.6) is 0 Å². The summed E-state index contributed by atoms with van der Waals surface area (Å²) in [5, 5.41) is 43.5. The van der Waals surface area contributed by atoms with E-state index in [9.17, 15) is 45.8 Å². The molecule has 0 saturated heterocycles. The molecule has 0 saturated carbocycles. The smallest absolute Gasteiger partial charge is 0.753 e. The molecular weight excluding hydrogens is 956 g/mol. The van der Waals surface area contributed by atoms with Crippen molar-refractivity contribution in [3.8, 4) is 56.1 Å². The Balaban J connectivity index is 0.000000255. The van der Waals surface area contributed by atoms with Crippen molar-refractivity contribution in [2.75, 3.05) is 0 Å². The largest absolute Gasteiger partial charge is 2.00 e. The fourth-order valence-corrected chi connectivity index (χ4v) is 6.00. The number of thiocarbonyl (C=S) groups is 1. The molecule has 0 atom stereocenters. The molecule has 3 N–H and O–H groups in total. The monoisotopic (exact) mass is 978 g/mol. The number of rotatable bonds is 8. The summed E-state index contributed by atoms with van der Waals surface area (Å²) in [4.78, 5) is 56.5. The van der Waals surface area contributed by atoms with Crippen LogP contribution in [0.15, 0.2) is 97.5 Å². The standard InChI is InChI=1S/C20H11F6N4S.C18H11N3O6.CNS.Ru/c1-10-2-5-16(31-10)11-3-4-15(27-9-11)18-28-17(29-30-18)12-6-13(19(21,22)23)8-14(7-12)20(24,25)26;22-16(23)9-1-3-19-12(5-9)14-7-11(18(26)27)8-15(21-14)13-6-10(17(24)25)2-4-20-13;2-1-3;/h2-9H,1H3;1-8H,(H,22,23)(H,24,25)(H,26,27);;/q-1;;-1;+2. The Morgan fingerprint density at radius 1 is 0.661 bits per heavy atom. The molecule has 0 spiro atoms. The minimum Gasteiger partial charge on any atom is -0.753 e. The molecule has 0 aliphatic carbocycles. The minimum atomic E-state index is -4.96. The van der Waals surface area contributed by atoms with Gasteiger partial charge in [0.2, 0.25) is 0 Å². The fourth-order valence-electron chi connectivity index (χ4n) is 5.14. The van der Waals surface area contributed by atoms with Crippen molar-refractivity contribution in [2.24, 2.45) is 0 Å². The van der Waals surface area contributed by atoms with Gasteiger partial charge in [0.15, 0.2) is 0 Å². The Morgan fingerprint density at radius 3 is 1.58 bits per heavy atom. The predicted molar refractivity (Wildman–Crippen MR) is 210 cm³/mol. The van der Waals surface area contributed by atoms with Crippen LogP contribution in [-0.2, 0) is 31.8 Å². The van der Waals surface area contributed by atoms with Crippen LogP contribution in [0.3, 0.4) is 0 Å². The van der Waals surface area contributed by atoms with Gasteiger partial charge in [-0.15, -0.1) is 11.3 Å². The summed E-state index contributed by atoms with van der Waals surface area (Å²) in [6.07, 6.45) is -5.79. The van der Waals surface area contributed by atoms with E-state index in [-0.39, 0.29) is 76.7 Å². The first-order chi connectivity index (χ1) is 28.8. The molecule has 6 aromatic heterocycles. The first-order valence-electron chi connectivity index (χ1n) is 16.6. The van der Waals surface area contributed by atoms with Gasteiger partial charge in [0, 0.05) is 33.9 Å². The molecule has 6 heterocycles. The van der Waals surface area contributed by atoms with Gasteiger partial charge in [-0.05, 0) is 97.2 Å². The maximum atomic E-state index is 13.1. The molecule has 0 fully saturated rings. The Hall–Kier alpha value is -6.93. The van der Waals surface area contributed by atoms with Crippen molar-refractivity contribution >= 4 is 46.6 Å². The molecule has 14 nitrogen and oxygen atoms in total. The van der Waals surface area contributed by atoms with Crippen LogP contribution in [0.25, 0.3) is 61.5 Å². The summed E-state index contributed by atoms with van der Waals surface area (Å²) >= 11 is 5.28. The average Bonchev–Trinajstić information content (AvgIpc) is 3.90. The average molecular weight is 978 g/mol. The third-order valence-corrected chi connectivity index (χ3v) is 8.98. The van der Waals surface area contributed by atoms with Gasteiger partial charge in [-0.1, -0.05) is 12.2 Å². The number of alkyl halides is 6. The van der Waals surface area contributed by atoms with Gasteiger partial charge in [-0.3, -0.25) is 20.1 Å². The molecule has 0 amide bonds. The summed E-state index contributed by atoms with van der Waals surface area (Å²) in [7, 11) is 0. The van der Waals surface area contributed by atoms with Crippen LogP contribution in [-0.4, -0.2) is 68.4 Å². The van der Waals surface area contributed by atoms with Gasteiger partial charge < -0.3 is 30.8 Å². The number of carboxylic acids is 3. The van der Waals surface area contributed by atoms with E-state index in [0.29, 0.717) is 17.8 Å². The molecule has 1 aromatic carbocycles. The molecule has 7 aromatic rings. The number of carbonyl (C=O) groups is 3. The first kappa shape index (κ1) is 47.7. The number of aromatic carboxylic acids is 3. The summed E-state index contributed by atoms with van der Waals surface area (Å²) in [6, 6.07) is 16.1. The molecule has 0 radical (unpaired) electrons. The van der Waals surface area contributed by atoms with Gasteiger partial charge in [0.25, 0.3) is 0 Å². The van der Waals surface area contributed by atoms with Gasteiger partial charge in [-0.2, -0.15) is 31.5 Å². The van der Waals surface area contributed by atoms with Crippen LogP contribution in [0, 0.1) is 6.92 Å². The number of hydrogen-bond donors (Lipinski definition) is 3. The summed E-state index contributed by atoms with van der Waals surface area (Å²) < 4.78 is 78.4. The number of aromatic nitrogens is 7. The van der Waals surface area contributed by atoms with Crippen molar-refractivity contribution in [3.05, 3.63) is 136 Å². The number of halogens is 6. The number of hydrogen-bond acceptors (Lipinski definition) is 11. The third-order valence-electron chi connectivity index (χ3n) is 7.93. The molecule has 0 bridgehead atoms. The molecule has 0 aliphatic heterocycles. The zero-order valence-electron chi connectivity index (χ0n) is 30.8. The predicted octanol–water partition coefficient (Wildman–Crippen LogP) is 9.19. The molecule has 0 unspecified atom stereocenters. The number of pyridine rings is 4. The molecule has 0 aliphatic rings. The van der Waals surface area contributed by atoms with E-state index in [1.165, 1.54) is 54.0 Å². The quantitative estimate of drug-likeness (QED) is 0.0559. The van der Waals surface area contributed by atoms with Crippen LogP contribution in [0.2, 0.25) is 0 Å². The van der Waals surface area contributed by atoms with E-state index in [2.05, 4.69) is 47.3 Å². The van der Waals surface area contributed by atoms with E-state index in [1.807, 2.05) is 19.1 Å². The number of thiophene rings is 1. The van der Waals surface area contributed by atoms with E-state index < -0.39 is 47.0 Å². The van der Waals surface area contributed by atoms with Crippen LogP contribution in [0.4, 0.5) is 26.3 Å². The number of carboxylic acid groups (broad SMARTS) is 3. The number of aryl methyl sites for hydroxylation is 1. The Labute approximate surface area is 366 Å². The van der Waals surface area contributed by atoms with Crippen molar-refractivity contribution in [2.45, 2.75) is 19.3 Å². The summed E-state index contributed by atoms with van der Waals surface area (Å²) in [5.41, 5.74) is -1.81. The Bertz CT molecular complexity index is 2690. The topological polar surface area (TPSA) is 226 Å². The van der Waals surface area contributed by atoms with Gasteiger partial charge in [-0.25, -0.2) is 19.4 Å². The normalized spacial score (nSPS) is 10.8. The number of benzene rings is 1. The second-order valence-electron chi connectivity index (χ2n) is 12.1. The minimum absolute atomic E-state index is 0. The van der Waals surface area contributed by atoms with Gasteiger partial charge >= 0.3 is 49.7 Å². The zero-order chi connectivity index (χ0) is 44.6. The molecule has 7 rings (SSSR count). The third kappa shape index (κ3) is 12.1. The van der Waals surface area contributed by atoms with Gasteiger partial charge in [0.1, 0.15) is 0 Å². The SMILES string of the molecule is Cc1ccc(-c2ccc(-c3nc(-c4cc(C(F)(F)F)cc(C(F)(F)F)c4)n[n-]3)nc2)s1.O=C(O)c1ccnc(-c2cc(C(=O)O)cc(-c3cc(C(=O)O)ccn3)n2)c1.[N-]=C=S.[Ru+2]. The van der Waals surface area contributed by atoms with Crippen LogP contribution >= 0.6 is 23.6 Å². The zero-order valence-corrected chi connectivity index (χ0v) is 34.2. The Morgan fingerprint density at radius 2 is 1.16 bits per heavy atom. The van der Waals surface area contributed by atoms with Gasteiger partial charge in [0.05, 0.1) is 62.1 Å². The molecule has 62 heavy (non-hydrogen) atoms. The van der Waals surface area contributed by atoms with E-state index in [0.717, 1.165) is 15.3 Å². The van der Waals surface area contributed by atoms with Crippen LogP contribution < -0.4 is 5.10 Å². The summed E-state index contributed by atoms with van der Waals surface area (Å²) in [5.74, 6) is -3.92. The van der Waals surface area contributed by atoms with E-state index in [4.69, 9.17) is 15.6 Å². The van der Waals surface area contributed by atoms with Crippen molar-refractivity contribution in [1.82, 2.24) is 35.1 Å². The second kappa shape index (κ2) is 20.1. The van der Waals surface area contributed by atoms with Crippen molar-refractivity contribution in [1.29, 1.82) is 0 Å². The number of nitrogens with zero attached hydrogens (tertiary/aromatic N) is 8. The first-order valence-corrected chi connectivity index (χ1v) is 17.9. The van der Waals surface area contributed by atoms with Crippen LogP contribution in [0.1, 0.15) is 47.1 Å².